The number of fused-ring (bicyclic) bond motifs is 1. The molecular weight excluding hydrogens is 352 g/mol. The van der Waals surface area contributed by atoms with Crippen LogP contribution >= 0.6 is 11.6 Å². The van der Waals surface area contributed by atoms with Crippen molar-refractivity contribution in [2.45, 2.75) is 33.1 Å². The van der Waals surface area contributed by atoms with E-state index in [0.29, 0.717) is 34.8 Å². The van der Waals surface area contributed by atoms with Gasteiger partial charge in [-0.05, 0) is 49.7 Å². The van der Waals surface area contributed by atoms with Crippen molar-refractivity contribution in [2.24, 2.45) is 0 Å². The summed E-state index contributed by atoms with van der Waals surface area (Å²) in [6.45, 7) is 4.51. The van der Waals surface area contributed by atoms with Crippen molar-refractivity contribution in [1.82, 2.24) is 4.57 Å². The highest BCUT2D eigenvalue weighted by Gasteiger charge is 2.21. The Labute approximate surface area is 157 Å². The lowest BCUT2D eigenvalue weighted by Gasteiger charge is -2.14. The number of benzene rings is 2. The highest BCUT2D eigenvalue weighted by atomic mass is 35.5. The van der Waals surface area contributed by atoms with Gasteiger partial charge in [-0.25, -0.2) is 0 Å². The summed E-state index contributed by atoms with van der Waals surface area (Å²) in [6, 6.07) is 12.2. The van der Waals surface area contributed by atoms with Crippen LogP contribution in [0.25, 0.3) is 16.7 Å². The molecule has 3 rings (SSSR count). The van der Waals surface area contributed by atoms with Crippen LogP contribution in [-0.2, 0) is 6.42 Å². The summed E-state index contributed by atoms with van der Waals surface area (Å²) in [5.41, 5.74) is 1.52. The smallest absolute Gasteiger partial charge is 0.324 e. The third-order valence-electron chi connectivity index (χ3n) is 4.27. The van der Waals surface area contributed by atoms with Crippen molar-refractivity contribution in [3.05, 3.63) is 68.7 Å². The molecule has 6 heteroatoms. The number of halogens is 1. The van der Waals surface area contributed by atoms with Gasteiger partial charge in [-0.2, -0.15) is 4.73 Å². The Morgan fingerprint density at radius 3 is 2.54 bits per heavy atom. The van der Waals surface area contributed by atoms with Gasteiger partial charge in [0.2, 0.25) is 5.52 Å². The Kier molecular flexibility index (Phi) is 5.47. The zero-order valence-electron chi connectivity index (χ0n) is 14.9. The molecule has 0 amide bonds. The molecule has 1 aromatic heterocycles. The van der Waals surface area contributed by atoms with Crippen LogP contribution in [0.15, 0.2) is 47.3 Å². The summed E-state index contributed by atoms with van der Waals surface area (Å²) < 4.78 is 7.76. The molecule has 0 aliphatic carbocycles. The largest absolute Gasteiger partial charge is 0.618 e. The van der Waals surface area contributed by atoms with Gasteiger partial charge >= 0.3 is 5.56 Å². The molecule has 0 atom stereocenters. The monoisotopic (exact) mass is 372 g/mol. The minimum atomic E-state index is -0.313. The van der Waals surface area contributed by atoms with Crippen molar-refractivity contribution in [3.63, 3.8) is 0 Å². The molecule has 0 saturated heterocycles. The van der Waals surface area contributed by atoms with Crippen LogP contribution in [0.5, 0.6) is 5.75 Å². The van der Waals surface area contributed by atoms with E-state index in [2.05, 4.69) is 0 Å². The molecule has 5 nitrogen and oxygen atoms in total. The van der Waals surface area contributed by atoms with Crippen LogP contribution in [-0.4, -0.2) is 11.2 Å². The summed E-state index contributed by atoms with van der Waals surface area (Å²) in [5, 5.41) is 13.2. The van der Waals surface area contributed by atoms with E-state index in [1.54, 1.807) is 22.8 Å². The lowest BCUT2D eigenvalue weighted by Crippen LogP contribution is -2.43. The summed E-state index contributed by atoms with van der Waals surface area (Å²) in [7, 11) is 0. The topological polar surface area (TPSA) is 58.2 Å². The number of unbranched alkanes of at least 4 members (excludes halogenated alkanes) is 1. The number of ether oxygens (including phenoxy) is 1. The van der Waals surface area contributed by atoms with Gasteiger partial charge < -0.3 is 9.94 Å². The van der Waals surface area contributed by atoms with E-state index in [-0.39, 0.29) is 11.3 Å². The SMILES string of the molecule is CCCCc1c(=O)n(-c2ccc(OCC)cc2)c2cc(Cl)ccc2[n+]1[O-]. The number of aromatic nitrogens is 2. The molecule has 0 N–H and O–H groups in total. The molecule has 0 radical (unpaired) electrons. The summed E-state index contributed by atoms with van der Waals surface area (Å²) in [6.07, 6.45) is 2.12. The Bertz CT molecular complexity index is 981. The molecule has 3 aromatic rings. The summed E-state index contributed by atoms with van der Waals surface area (Å²) in [5.74, 6) is 0.729. The lowest BCUT2D eigenvalue weighted by molar-refractivity contribution is -0.587. The Morgan fingerprint density at radius 1 is 1.15 bits per heavy atom. The maximum atomic E-state index is 13.1. The quantitative estimate of drug-likeness (QED) is 0.485. The number of hydrogen-bond donors (Lipinski definition) is 0. The van der Waals surface area contributed by atoms with Crippen LogP contribution in [0.4, 0.5) is 0 Å². The fraction of sp³-hybridized carbons (Fsp3) is 0.300. The van der Waals surface area contributed by atoms with Crippen LogP contribution in [0.2, 0.25) is 5.02 Å². The minimum absolute atomic E-state index is 0.246. The number of nitrogens with zero attached hydrogens (tertiary/aromatic N) is 2. The van der Waals surface area contributed by atoms with Gasteiger partial charge in [0.15, 0.2) is 0 Å². The lowest BCUT2D eigenvalue weighted by atomic mass is 10.1. The first-order valence-corrected chi connectivity index (χ1v) is 9.14. The predicted octanol–water partition coefficient (Wildman–Crippen LogP) is 4.02. The Balaban J connectivity index is 2.27. The molecule has 26 heavy (non-hydrogen) atoms. The van der Waals surface area contributed by atoms with E-state index < -0.39 is 0 Å². The zero-order chi connectivity index (χ0) is 18.7. The van der Waals surface area contributed by atoms with Crippen molar-refractivity contribution >= 4 is 22.6 Å². The van der Waals surface area contributed by atoms with E-state index in [1.165, 1.54) is 0 Å². The standard InChI is InChI=1S/C20H21ClN2O3/c1-3-5-6-18-20(24)22(15-8-10-16(11-9-15)26-4-2)19-13-14(21)7-12-17(19)23(18)25/h7-13H,3-6H2,1-2H3. The molecule has 0 aliphatic heterocycles. The van der Waals surface area contributed by atoms with Gasteiger partial charge in [-0.15, -0.1) is 0 Å². The molecule has 0 bridgehead atoms. The molecule has 0 saturated carbocycles. The molecule has 0 spiro atoms. The van der Waals surface area contributed by atoms with Gasteiger partial charge in [0.05, 0.1) is 6.61 Å². The van der Waals surface area contributed by atoms with E-state index >= 15 is 0 Å². The third kappa shape index (κ3) is 3.40. The second kappa shape index (κ2) is 7.79. The van der Waals surface area contributed by atoms with Crippen molar-refractivity contribution in [1.29, 1.82) is 0 Å². The number of hydrogen-bond acceptors (Lipinski definition) is 3. The highest BCUT2D eigenvalue weighted by Crippen LogP contribution is 2.21. The highest BCUT2D eigenvalue weighted by molar-refractivity contribution is 6.31. The van der Waals surface area contributed by atoms with Gasteiger partial charge in [-0.3, -0.25) is 9.36 Å². The normalized spacial score (nSPS) is 11.0. The van der Waals surface area contributed by atoms with E-state index in [9.17, 15) is 10.0 Å². The van der Waals surface area contributed by atoms with E-state index in [1.807, 2.05) is 38.1 Å². The van der Waals surface area contributed by atoms with E-state index in [4.69, 9.17) is 16.3 Å². The maximum Gasteiger partial charge on any atom is 0.324 e. The molecular formula is C20H21ClN2O3. The average Bonchev–Trinajstić information content (AvgIpc) is 2.63. The average molecular weight is 373 g/mol. The molecule has 136 valence electrons. The van der Waals surface area contributed by atoms with Gasteiger partial charge in [0, 0.05) is 23.2 Å². The van der Waals surface area contributed by atoms with Gasteiger partial charge in [0.25, 0.3) is 5.69 Å². The Hall–Kier alpha value is -2.53. The zero-order valence-corrected chi connectivity index (χ0v) is 15.6. The van der Waals surface area contributed by atoms with Gasteiger partial charge in [-0.1, -0.05) is 24.9 Å². The number of rotatable bonds is 6. The fourth-order valence-electron chi connectivity index (χ4n) is 2.99. The van der Waals surface area contributed by atoms with Crippen molar-refractivity contribution in [2.75, 3.05) is 6.61 Å². The minimum Gasteiger partial charge on any atom is -0.618 e. The first-order valence-electron chi connectivity index (χ1n) is 8.76. The first kappa shape index (κ1) is 18.3. The van der Waals surface area contributed by atoms with Gasteiger partial charge in [0.1, 0.15) is 11.3 Å². The van der Waals surface area contributed by atoms with Crippen molar-refractivity contribution in [3.8, 4) is 11.4 Å². The molecule has 0 unspecified atom stereocenters. The predicted molar refractivity (Wildman–Crippen MR) is 103 cm³/mol. The van der Waals surface area contributed by atoms with E-state index in [0.717, 1.165) is 23.3 Å². The second-order valence-electron chi connectivity index (χ2n) is 6.05. The summed E-state index contributed by atoms with van der Waals surface area (Å²) in [4.78, 5) is 13.1. The van der Waals surface area contributed by atoms with Crippen LogP contribution in [0.3, 0.4) is 0 Å². The maximum absolute atomic E-state index is 13.1. The second-order valence-corrected chi connectivity index (χ2v) is 6.48. The van der Waals surface area contributed by atoms with Crippen molar-refractivity contribution < 1.29 is 9.47 Å². The fourth-order valence-corrected chi connectivity index (χ4v) is 3.15. The molecule has 0 fully saturated rings. The van der Waals surface area contributed by atoms with Crippen LogP contribution < -0.4 is 15.0 Å². The third-order valence-corrected chi connectivity index (χ3v) is 4.50. The molecule has 1 heterocycles. The van der Waals surface area contributed by atoms with Crippen LogP contribution in [0, 0.1) is 5.21 Å². The molecule has 2 aromatic carbocycles. The Morgan fingerprint density at radius 2 is 1.88 bits per heavy atom. The molecule has 0 aliphatic rings. The van der Waals surface area contributed by atoms with Crippen LogP contribution in [0.1, 0.15) is 32.4 Å². The summed E-state index contributed by atoms with van der Waals surface area (Å²) >= 11 is 6.13. The first-order chi connectivity index (χ1) is 12.6.